The van der Waals surface area contributed by atoms with Crippen LogP contribution < -0.4 is 0 Å². The maximum Gasteiger partial charge on any atom is 0.307 e. The van der Waals surface area contributed by atoms with E-state index in [0.29, 0.717) is 33.4 Å². The fraction of sp³-hybridized carbons (Fsp3) is 0.182. The van der Waals surface area contributed by atoms with Gasteiger partial charge in [-0.1, -0.05) is 37.3 Å². The number of carboxylic acid groups (broad SMARTS) is 1. The van der Waals surface area contributed by atoms with Gasteiger partial charge in [-0.3, -0.25) is 9.59 Å². The first-order valence-electron chi connectivity index (χ1n) is 8.48. The van der Waals surface area contributed by atoms with Gasteiger partial charge in [-0.05, 0) is 65.0 Å². The van der Waals surface area contributed by atoms with E-state index in [2.05, 4.69) is 0 Å². The topological polar surface area (TPSA) is 54.4 Å². The summed E-state index contributed by atoms with van der Waals surface area (Å²) in [5.74, 6) is -1.58. The van der Waals surface area contributed by atoms with Gasteiger partial charge in [0.2, 0.25) is 0 Å². The Morgan fingerprint density at radius 2 is 1.77 bits per heavy atom. The van der Waals surface area contributed by atoms with Crippen LogP contribution in [-0.2, 0) is 11.2 Å². The van der Waals surface area contributed by atoms with Crippen molar-refractivity contribution < 1.29 is 19.1 Å². The normalized spacial score (nSPS) is 14.7. The van der Waals surface area contributed by atoms with Crippen molar-refractivity contribution in [2.45, 2.75) is 26.7 Å². The maximum absolute atomic E-state index is 13.7. The van der Waals surface area contributed by atoms with Gasteiger partial charge >= 0.3 is 5.97 Å². The Bertz CT molecular complexity index is 950. The van der Waals surface area contributed by atoms with Gasteiger partial charge in [0.25, 0.3) is 0 Å². The standard InChI is InChI=1S/C22H19FO3/c1-3-14-4-6-15(7-5-14)21(24)11-18-13(2)19(12-22(25)26)20-10-16(23)8-9-17(18)20/h4-11H,3,12H2,1-2H3,(H,25,26)/b18-11+. The molecule has 0 spiro atoms. The van der Waals surface area contributed by atoms with Crippen LogP contribution in [0.3, 0.4) is 0 Å². The first-order valence-corrected chi connectivity index (χ1v) is 8.48. The highest BCUT2D eigenvalue weighted by atomic mass is 19.1. The van der Waals surface area contributed by atoms with Crippen LogP contribution >= 0.6 is 0 Å². The third kappa shape index (κ3) is 3.36. The van der Waals surface area contributed by atoms with Gasteiger partial charge in [-0.25, -0.2) is 4.39 Å². The number of aryl methyl sites for hydroxylation is 1. The summed E-state index contributed by atoms with van der Waals surface area (Å²) in [6.45, 7) is 3.82. The monoisotopic (exact) mass is 350 g/mol. The van der Waals surface area contributed by atoms with Crippen molar-refractivity contribution in [3.05, 3.63) is 82.2 Å². The van der Waals surface area contributed by atoms with Crippen molar-refractivity contribution in [1.29, 1.82) is 0 Å². The van der Waals surface area contributed by atoms with Gasteiger partial charge in [0.15, 0.2) is 5.78 Å². The molecule has 0 saturated carbocycles. The molecule has 1 aliphatic rings. The van der Waals surface area contributed by atoms with E-state index in [1.54, 1.807) is 25.1 Å². The van der Waals surface area contributed by atoms with Crippen LogP contribution in [0.5, 0.6) is 0 Å². The zero-order valence-corrected chi connectivity index (χ0v) is 14.7. The molecular weight excluding hydrogens is 331 g/mol. The lowest BCUT2D eigenvalue weighted by molar-refractivity contribution is -0.135. The molecule has 2 aromatic carbocycles. The number of fused-ring (bicyclic) bond motifs is 1. The van der Waals surface area contributed by atoms with Crippen molar-refractivity contribution in [1.82, 2.24) is 0 Å². The van der Waals surface area contributed by atoms with E-state index < -0.39 is 11.8 Å². The molecule has 0 atom stereocenters. The van der Waals surface area contributed by atoms with E-state index in [4.69, 9.17) is 5.11 Å². The Balaban J connectivity index is 2.05. The minimum Gasteiger partial charge on any atom is -0.481 e. The number of aliphatic carboxylic acids is 1. The Morgan fingerprint density at radius 1 is 1.08 bits per heavy atom. The molecule has 4 heteroatoms. The van der Waals surface area contributed by atoms with Gasteiger partial charge in [0.05, 0.1) is 6.42 Å². The molecule has 0 unspecified atom stereocenters. The molecule has 2 aromatic rings. The summed E-state index contributed by atoms with van der Waals surface area (Å²) in [5.41, 5.74) is 4.86. The second-order valence-corrected chi connectivity index (χ2v) is 6.34. The molecule has 0 aliphatic heterocycles. The summed E-state index contributed by atoms with van der Waals surface area (Å²) in [4.78, 5) is 23.9. The van der Waals surface area contributed by atoms with Gasteiger partial charge in [-0.2, -0.15) is 0 Å². The molecule has 1 aliphatic carbocycles. The fourth-order valence-electron chi connectivity index (χ4n) is 3.25. The van der Waals surface area contributed by atoms with Crippen molar-refractivity contribution >= 4 is 22.9 Å². The van der Waals surface area contributed by atoms with Crippen LogP contribution in [-0.4, -0.2) is 16.9 Å². The molecule has 0 heterocycles. The van der Waals surface area contributed by atoms with Gasteiger partial charge in [0.1, 0.15) is 5.82 Å². The molecule has 0 bridgehead atoms. The van der Waals surface area contributed by atoms with Crippen LogP contribution in [0.2, 0.25) is 0 Å². The SMILES string of the molecule is CCc1ccc(C(=O)/C=C2\C(C)=C(CC(=O)O)c3cc(F)ccc32)cc1. The minimum atomic E-state index is -0.989. The maximum atomic E-state index is 13.7. The average molecular weight is 350 g/mol. The number of carbonyl (C=O) groups excluding carboxylic acids is 1. The summed E-state index contributed by atoms with van der Waals surface area (Å²) in [5, 5.41) is 9.17. The zero-order valence-electron chi connectivity index (χ0n) is 14.7. The number of carboxylic acids is 1. The lowest BCUT2D eigenvalue weighted by Crippen LogP contribution is -1.97. The van der Waals surface area contributed by atoms with Crippen molar-refractivity contribution in [3.63, 3.8) is 0 Å². The van der Waals surface area contributed by atoms with Crippen LogP contribution in [0.4, 0.5) is 4.39 Å². The smallest absolute Gasteiger partial charge is 0.307 e. The fourth-order valence-corrected chi connectivity index (χ4v) is 3.25. The predicted octanol–water partition coefficient (Wildman–Crippen LogP) is 4.92. The van der Waals surface area contributed by atoms with E-state index >= 15 is 0 Å². The number of hydrogen-bond acceptors (Lipinski definition) is 2. The first kappa shape index (κ1) is 17.8. The van der Waals surface area contributed by atoms with Crippen LogP contribution in [0.15, 0.2) is 54.1 Å². The molecule has 1 N–H and O–H groups in total. The largest absolute Gasteiger partial charge is 0.481 e. The summed E-state index contributed by atoms with van der Waals surface area (Å²) in [6, 6.07) is 11.7. The van der Waals surface area contributed by atoms with E-state index in [9.17, 15) is 14.0 Å². The lowest BCUT2D eigenvalue weighted by atomic mass is 9.99. The van der Waals surface area contributed by atoms with Gasteiger partial charge in [0, 0.05) is 5.56 Å². The Labute approximate surface area is 151 Å². The zero-order chi connectivity index (χ0) is 18.8. The highest BCUT2D eigenvalue weighted by molar-refractivity contribution is 6.14. The molecular formula is C22H19FO3. The van der Waals surface area contributed by atoms with Gasteiger partial charge in [-0.15, -0.1) is 0 Å². The highest BCUT2D eigenvalue weighted by Gasteiger charge is 2.26. The number of rotatable bonds is 5. The molecule has 26 heavy (non-hydrogen) atoms. The van der Waals surface area contributed by atoms with E-state index in [1.165, 1.54) is 18.2 Å². The molecule has 0 radical (unpaired) electrons. The van der Waals surface area contributed by atoms with Crippen molar-refractivity contribution in [2.24, 2.45) is 0 Å². The summed E-state index contributed by atoms with van der Waals surface area (Å²) >= 11 is 0. The molecule has 0 amide bonds. The Kier molecular flexibility index (Phi) is 4.85. The number of ketones is 1. The Morgan fingerprint density at radius 3 is 2.38 bits per heavy atom. The number of carbonyl (C=O) groups is 2. The van der Waals surface area contributed by atoms with Crippen LogP contribution in [0.25, 0.3) is 11.1 Å². The Hall–Kier alpha value is -3.01. The minimum absolute atomic E-state index is 0.158. The third-order valence-corrected chi connectivity index (χ3v) is 4.70. The lowest BCUT2D eigenvalue weighted by Gasteiger charge is -2.05. The molecule has 0 fully saturated rings. The number of hydrogen-bond donors (Lipinski definition) is 1. The van der Waals surface area contributed by atoms with Gasteiger partial charge < -0.3 is 5.11 Å². The number of halogens is 1. The first-order chi connectivity index (χ1) is 12.4. The second-order valence-electron chi connectivity index (χ2n) is 6.34. The molecule has 132 valence electrons. The second kappa shape index (κ2) is 7.08. The van der Waals surface area contributed by atoms with Crippen molar-refractivity contribution in [3.8, 4) is 0 Å². The van der Waals surface area contributed by atoms with E-state index in [0.717, 1.165) is 12.0 Å². The predicted molar refractivity (Wildman–Crippen MR) is 99.4 cm³/mol. The number of allylic oxidation sites excluding steroid dienone is 3. The molecule has 3 rings (SSSR count). The van der Waals surface area contributed by atoms with Crippen LogP contribution in [0, 0.1) is 5.82 Å². The van der Waals surface area contributed by atoms with Crippen molar-refractivity contribution in [2.75, 3.05) is 0 Å². The summed E-state index contributed by atoms with van der Waals surface area (Å²) in [7, 11) is 0. The quantitative estimate of drug-likeness (QED) is 0.615. The van der Waals surface area contributed by atoms with E-state index in [1.807, 2.05) is 19.1 Å². The number of benzene rings is 2. The molecule has 0 aromatic heterocycles. The third-order valence-electron chi connectivity index (χ3n) is 4.70. The average Bonchev–Trinajstić information content (AvgIpc) is 2.86. The molecule has 0 saturated heterocycles. The summed E-state index contributed by atoms with van der Waals surface area (Å²) in [6.07, 6.45) is 2.20. The summed E-state index contributed by atoms with van der Waals surface area (Å²) < 4.78 is 13.7. The van der Waals surface area contributed by atoms with Crippen LogP contribution in [0.1, 0.15) is 47.3 Å². The molecule has 3 nitrogen and oxygen atoms in total. The highest BCUT2D eigenvalue weighted by Crippen LogP contribution is 2.43. The van der Waals surface area contributed by atoms with E-state index in [-0.39, 0.29) is 12.2 Å².